The molecule has 0 bridgehead atoms. The number of nitrogens with one attached hydrogen (secondary N) is 1. The molecule has 0 aliphatic carbocycles. The molecule has 1 N–H and O–H groups in total. The van der Waals surface area contributed by atoms with Gasteiger partial charge in [-0.05, 0) is 73.6 Å². The molecular formula is C31H36ClNO4. The van der Waals surface area contributed by atoms with Crippen LogP contribution in [0.5, 0.6) is 5.75 Å². The molecule has 0 fully saturated rings. The first-order valence-corrected chi connectivity index (χ1v) is 13.0. The maximum absolute atomic E-state index is 13.7. The fraction of sp³-hybridized carbons (Fsp3) is 0.355. The molecule has 37 heavy (non-hydrogen) atoms. The van der Waals surface area contributed by atoms with E-state index in [4.69, 9.17) is 21.1 Å². The molecule has 1 atom stereocenters. The summed E-state index contributed by atoms with van der Waals surface area (Å²) in [5, 5.41) is 3.87. The van der Waals surface area contributed by atoms with Crippen LogP contribution in [0.1, 0.15) is 70.9 Å². The van der Waals surface area contributed by atoms with E-state index in [0.29, 0.717) is 28.7 Å². The Bertz CT molecular complexity index is 1220. The zero-order valence-electron chi connectivity index (χ0n) is 22.3. The lowest BCUT2D eigenvalue weighted by atomic mass is 9.93. The van der Waals surface area contributed by atoms with Crippen LogP contribution in [-0.2, 0) is 22.6 Å². The van der Waals surface area contributed by atoms with Gasteiger partial charge < -0.3 is 14.8 Å². The summed E-state index contributed by atoms with van der Waals surface area (Å²) in [6.45, 7) is 8.72. The number of carbonyl (C=O) groups excluding carboxylic acids is 2. The zero-order chi connectivity index (χ0) is 26.9. The Labute approximate surface area is 225 Å². The second kappa shape index (κ2) is 13.3. The van der Waals surface area contributed by atoms with E-state index in [-0.39, 0.29) is 30.9 Å². The fourth-order valence-electron chi connectivity index (χ4n) is 4.40. The maximum Gasteiger partial charge on any atom is 0.305 e. The average molecular weight is 522 g/mol. The molecule has 0 spiro atoms. The smallest absolute Gasteiger partial charge is 0.305 e. The number of hydrogen-bond donors (Lipinski definition) is 1. The van der Waals surface area contributed by atoms with Crippen molar-refractivity contribution < 1.29 is 19.1 Å². The lowest BCUT2D eigenvalue weighted by molar-refractivity contribution is -0.140. The zero-order valence-corrected chi connectivity index (χ0v) is 23.0. The monoisotopic (exact) mass is 521 g/mol. The van der Waals surface area contributed by atoms with Crippen LogP contribution >= 0.6 is 11.6 Å². The van der Waals surface area contributed by atoms with E-state index in [1.54, 1.807) is 12.1 Å². The summed E-state index contributed by atoms with van der Waals surface area (Å²) >= 11 is 6.07. The Hall–Kier alpha value is -3.31. The third-order valence-electron chi connectivity index (χ3n) is 6.11. The minimum absolute atomic E-state index is 0.133. The largest absolute Gasteiger partial charge is 0.489 e. The molecule has 1 amide bonds. The van der Waals surface area contributed by atoms with Gasteiger partial charge in [0.25, 0.3) is 5.91 Å². The summed E-state index contributed by atoms with van der Waals surface area (Å²) < 4.78 is 10.7. The van der Waals surface area contributed by atoms with E-state index >= 15 is 0 Å². The second-order valence-corrected chi connectivity index (χ2v) is 10.3. The van der Waals surface area contributed by atoms with Crippen molar-refractivity contribution in [1.29, 1.82) is 0 Å². The van der Waals surface area contributed by atoms with Crippen LogP contribution in [0.3, 0.4) is 0 Å². The van der Waals surface area contributed by atoms with Gasteiger partial charge in [0.15, 0.2) is 0 Å². The molecule has 5 nitrogen and oxygen atoms in total. The molecule has 0 saturated carbocycles. The third kappa shape index (κ3) is 8.64. The number of methoxy groups -OCH3 is 1. The summed E-state index contributed by atoms with van der Waals surface area (Å²) in [4.78, 5) is 25.5. The Morgan fingerprint density at radius 3 is 2.35 bits per heavy atom. The summed E-state index contributed by atoms with van der Waals surface area (Å²) in [5.41, 5.74) is 5.59. The highest BCUT2D eigenvalue weighted by Gasteiger charge is 2.21. The van der Waals surface area contributed by atoms with Gasteiger partial charge in [0.2, 0.25) is 0 Å². The number of rotatable bonds is 11. The molecule has 0 aliphatic heterocycles. The Morgan fingerprint density at radius 1 is 0.973 bits per heavy atom. The van der Waals surface area contributed by atoms with Crippen LogP contribution in [0, 0.1) is 19.8 Å². The topological polar surface area (TPSA) is 64.6 Å². The van der Waals surface area contributed by atoms with E-state index in [0.717, 1.165) is 34.2 Å². The number of halogens is 1. The standard InChI is InChI=1S/C31H36ClNO4/c1-20(2)13-29(25-15-21(3)14-22(4)16-25)33-31(35)28-17-23(9-10-24(28)11-12-30(34)36-5)19-37-27-8-6-7-26(32)18-27/h6-10,14-18,20,29H,11-13,19H2,1-5H3,(H,33,35)/t29-/m1/s1. The van der Waals surface area contributed by atoms with Crippen molar-refractivity contribution in [3.8, 4) is 5.75 Å². The lowest BCUT2D eigenvalue weighted by Crippen LogP contribution is -2.30. The molecular weight excluding hydrogens is 486 g/mol. The molecule has 6 heteroatoms. The molecule has 0 heterocycles. The average Bonchev–Trinajstić information content (AvgIpc) is 2.85. The van der Waals surface area contributed by atoms with Gasteiger partial charge in [0.1, 0.15) is 12.4 Å². The summed E-state index contributed by atoms with van der Waals surface area (Å²) in [6.07, 6.45) is 1.41. The van der Waals surface area contributed by atoms with Crippen molar-refractivity contribution >= 4 is 23.5 Å². The van der Waals surface area contributed by atoms with E-state index in [1.165, 1.54) is 7.11 Å². The molecule has 0 radical (unpaired) electrons. The number of esters is 1. The number of hydrogen-bond acceptors (Lipinski definition) is 4. The molecule has 3 aromatic carbocycles. The molecule has 0 unspecified atom stereocenters. The molecule has 3 aromatic rings. The third-order valence-corrected chi connectivity index (χ3v) is 6.34. The van der Waals surface area contributed by atoms with Crippen LogP contribution in [0.15, 0.2) is 60.7 Å². The lowest BCUT2D eigenvalue weighted by Gasteiger charge is -2.23. The number of aryl methyl sites for hydroxylation is 3. The van der Waals surface area contributed by atoms with Crippen molar-refractivity contribution in [2.45, 2.75) is 59.6 Å². The number of carbonyl (C=O) groups is 2. The van der Waals surface area contributed by atoms with E-state index in [9.17, 15) is 9.59 Å². The van der Waals surface area contributed by atoms with E-state index < -0.39 is 0 Å². The van der Waals surface area contributed by atoms with Crippen LogP contribution in [0.2, 0.25) is 5.02 Å². The van der Waals surface area contributed by atoms with Crippen molar-refractivity contribution in [3.05, 3.63) is 99.1 Å². The van der Waals surface area contributed by atoms with E-state index in [2.05, 4.69) is 51.2 Å². The van der Waals surface area contributed by atoms with Crippen LogP contribution < -0.4 is 10.1 Å². The maximum atomic E-state index is 13.7. The van der Waals surface area contributed by atoms with Gasteiger partial charge in [-0.1, -0.05) is 73.0 Å². The highest BCUT2D eigenvalue weighted by atomic mass is 35.5. The van der Waals surface area contributed by atoms with Crippen molar-refractivity contribution in [2.75, 3.05) is 7.11 Å². The Kier molecular flexibility index (Phi) is 10.2. The minimum atomic E-state index is -0.312. The number of amides is 1. The number of benzene rings is 3. The Morgan fingerprint density at radius 2 is 1.70 bits per heavy atom. The quantitative estimate of drug-likeness (QED) is 0.272. The normalized spacial score (nSPS) is 11.8. The van der Waals surface area contributed by atoms with Gasteiger partial charge in [-0.25, -0.2) is 0 Å². The summed E-state index contributed by atoms with van der Waals surface area (Å²) in [5.74, 6) is 0.560. The molecule has 0 saturated heterocycles. The van der Waals surface area contributed by atoms with Gasteiger partial charge in [-0.2, -0.15) is 0 Å². The van der Waals surface area contributed by atoms with Crippen LogP contribution in [0.25, 0.3) is 0 Å². The van der Waals surface area contributed by atoms with Gasteiger partial charge in [0.05, 0.1) is 13.2 Å². The highest BCUT2D eigenvalue weighted by molar-refractivity contribution is 6.30. The Balaban J connectivity index is 1.89. The molecule has 0 aliphatic rings. The second-order valence-electron chi connectivity index (χ2n) is 9.89. The number of ether oxygens (including phenoxy) is 2. The first-order valence-electron chi connectivity index (χ1n) is 12.6. The molecule has 196 valence electrons. The fourth-order valence-corrected chi connectivity index (χ4v) is 4.58. The SMILES string of the molecule is COC(=O)CCc1ccc(COc2cccc(Cl)c2)cc1C(=O)N[C@H](CC(C)C)c1cc(C)cc(C)c1. The summed E-state index contributed by atoms with van der Waals surface area (Å²) in [6, 6.07) is 19.1. The first kappa shape index (κ1) is 28.3. The predicted octanol–water partition coefficient (Wildman–Crippen LogP) is 7.16. The molecule has 3 rings (SSSR count). The highest BCUT2D eigenvalue weighted by Crippen LogP contribution is 2.26. The van der Waals surface area contributed by atoms with Gasteiger partial charge in [-0.3, -0.25) is 9.59 Å². The van der Waals surface area contributed by atoms with Gasteiger partial charge >= 0.3 is 5.97 Å². The van der Waals surface area contributed by atoms with Gasteiger partial charge in [0, 0.05) is 17.0 Å². The first-order chi connectivity index (χ1) is 17.6. The van der Waals surface area contributed by atoms with Crippen LogP contribution in [0.4, 0.5) is 0 Å². The molecule has 0 aromatic heterocycles. The van der Waals surface area contributed by atoms with Gasteiger partial charge in [-0.15, -0.1) is 0 Å². The van der Waals surface area contributed by atoms with Crippen LogP contribution in [-0.4, -0.2) is 19.0 Å². The summed E-state index contributed by atoms with van der Waals surface area (Å²) in [7, 11) is 1.37. The van der Waals surface area contributed by atoms with Crippen molar-refractivity contribution in [1.82, 2.24) is 5.32 Å². The van der Waals surface area contributed by atoms with Crippen molar-refractivity contribution in [3.63, 3.8) is 0 Å². The van der Waals surface area contributed by atoms with E-state index in [1.807, 2.05) is 30.3 Å². The van der Waals surface area contributed by atoms with Crippen molar-refractivity contribution in [2.24, 2.45) is 5.92 Å². The minimum Gasteiger partial charge on any atom is -0.489 e. The predicted molar refractivity (Wildman–Crippen MR) is 148 cm³/mol.